The zero-order chi connectivity index (χ0) is 26.8. The van der Waals surface area contributed by atoms with Crippen molar-refractivity contribution in [1.29, 1.82) is 5.26 Å². The molecule has 8 heteroatoms. The van der Waals surface area contributed by atoms with Crippen molar-refractivity contribution < 1.29 is 17.8 Å². The summed E-state index contributed by atoms with van der Waals surface area (Å²) in [7, 11) is 0. The molecule has 4 rings (SSSR count). The Labute approximate surface area is 188 Å². The van der Waals surface area contributed by atoms with Gasteiger partial charge in [-0.1, -0.05) is 12.1 Å². The van der Waals surface area contributed by atoms with Crippen LogP contribution in [0.25, 0.3) is 11.3 Å². The van der Waals surface area contributed by atoms with E-state index in [0.29, 0.717) is 22.6 Å². The molecule has 2 aromatic carbocycles. The predicted octanol–water partition coefficient (Wildman–Crippen LogP) is 2.98. The number of anilines is 3. The van der Waals surface area contributed by atoms with Gasteiger partial charge in [-0.15, -0.1) is 0 Å². The summed E-state index contributed by atoms with van der Waals surface area (Å²) in [6.07, 6.45) is 1.55. The third kappa shape index (κ3) is 5.15. The first-order chi connectivity index (χ1) is 17.4. The second kappa shape index (κ2) is 9.69. The summed E-state index contributed by atoms with van der Waals surface area (Å²) in [6.45, 7) is -6.97. The first-order valence-corrected chi connectivity index (χ1v) is 9.33. The smallest absolute Gasteiger partial charge is 0.252 e. The second-order valence-electron chi connectivity index (χ2n) is 6.35. The zero-order valence-corrected chi connectivity index (χ0v) is 16.3. The second-order valence-corrected chi connectivity index (χ2v) is 6.35. The van der Waals surface area contributed by atoms with Crippen LogP contribution >= 0.6 is 0 Å². The van der Waals surface area contributed by atoms with Crippen LogP contribution < -0.4 is 15.5 Å². The van der Waals surface area contributed by atoms with Gasteiger partial charge >= 0.3 is 0 Å². The molecule has 2 heterocycles. The average molecular weight is 421 g/mol. The van der Waals surface area contributed by atoms with Crippen LogP contribution in [-0.4, -0.2) is 48.6 Å². The van der Waals surface area contributed by atoms with Gasteiger partial charge in [-0.3, -0.25) is 4.79 Å². The number of ether oxygens (including phenoxy) is 1. The van der Waals surface area contributed by atoms with Crippen molar-refractivity contribution in [3.63, 3.8) is 0 Å². The minimum absolute atomic E-state index is 0.185. The van der Waals surface area contributed by atoms with Gasteiger partial charge in [-0.25, -0.2) is 9.97 Å². The molecule has 1 aliphatic heterocycles. The minimum atomic E-state index is -2.47. The molecule has 31 heavy (non-hydrogen) atoms. The standard InChI is InChI=1S/C23H22N6O2/c24-10-12-25-22(30)18-3-1-17(2-4-18)21-9-11-26-23(28-21)27-19-5-7-20(8-6-19)29-13-15-31-16-14-29/h1-9,11H,12-16H2,(H,25,30)(H,26,27,28)/i12D2,13D2,14D2. The Morgan fingerprint density at radius 1 is 1.16 bits per heavy atom. The summed E-state index contributed by atoms with van der Waals surface area (Å²) in [6, 6.07) is 15.9. The number of benzene rings is 2. The van der Waals surface area contributed by atoms with Crippen LogP contribution in [0.15, 0.2) is 60.8 Å². The number of carbonyl (C=O) groups is 1. The van der Waals surface area contributed by atoms with Gasteiger partial charge in [0.1, 0.15) is 6.50 Å². The van der Waals surface area contributed by atoms with E-state index in [1.165, 1.54) is 18.2 Å². The molecule has 8 nitrogen and oxygen atoms in total. The zero-order valence-electron chi connectivity index (χ0n) is 22.3. The van der Waals surface area contributed by atoms with Crippen LogP contribution in [0.1, 0.15) is 18.6 Å². The van der Waals surface area contributed by atoms with Gasteiger partial charge in [0.05, 0.1) is 33.2 Å². The lowest BCUT2D eigenvalue weighted by Gasteiger charge is -2.28. The lowest BCUT2D eigenvalue weighted by Crippen LogP contribution is -2.36. The molecular weight excluding hydrogens is 392 g/mol. The van der Waals surface area contributed by atoms with Crippen molar-refractivity contribution in [2.45, 2.75) is 0 Å². The Morgan fingerprint density at radius 2 is 1.90 bits per heavy atom. The third-order valence-corrected chi connectivity index (χ3v) is 4.36. The van der Waals surface area contributed by atoms with Crippen LogP contribution in [-0.2, 0) is 4.74 Å². The molecule has 1 saturated heterocycles. The molecule has 2 N–H and O–H groups in total. The molecule has 0 aliphatic carbocycles. The van der Waals surface area contributed by atoms with Crippen molar-refractivity contribution in [2.24, 2.45) is 0 Å². The number of hydrogen-bond acceptors (Lipinski definition) is 7. The van der Waals surface area contributed by atoms with E-state index in [1.807, 2.05) is 5.32 Å². The quantitative estimate of drug-likeness (QED) is 0.591. The maximum Gasteiger partial charge on any atom is 0.252 e. The summed E-state index contributed by atoms with van der Waals surface area (Å²) >= 11 is 0. The number of hydrogen-bond donors (Lipinski definition) is 2. The van der Waals surface area contributed by atoms with E-state index in [2.05, 4.69) is 15.3 Å². The van der Waals surface area contributed by atoms with Crippen LogP contribution in [0, 0.1) is 11.3 Å². The van der Waals surface area contributed by atoms with Crippen LogP contribution in [0.3, 0.4) is 0 Å². The molecule has 1 amide bonds. The van der Waals surface area contributed by atoms with Crippen LogP contribution in [0.2, 0.25) is 0 Å². The Hall–Kier alpha value is -3.96. The van der Waals surface area contributed by atoms with E-state index in [0.717, 1.165) is 4.90 Å². The van der Waals surface area contributed by atoms with Crippen molar-refractivity contribution in [1.82, 2.24) is 15.3 Å². The van der Waals surface area contributed by atoms with E-state index in [-0.39, 0.29) is 24.7 Å². The van der Waals surface area contributed by atoms with Crippen LogP contribution in [0.4, 0.5) is 17.3 Å². The van der Waals surface area contributed by atoms with E-state index < -0.39 is 25.4 Å². The monoisotopic (exact) mass is 420 g/mol. The lowest BCUT2D eigenvalue weighted by molar-refractivity contribution is 0.0958. The van der Waals surface area contributed by atoms with Crippen LogP contribution in [0.5, 0.6) is 0 Å². The molecular formula is C23H22N6O2. The molecule has 0 saturated carbocycles. The summed E-state index contributed by atoms with van der Waals surface area (Å²) < 4.78 is 52.3. The number of carbonyl (C=O) groups excluding carboxylic acids is 1. The molecule has 1 fully saturated rings. The molecule has 0 radical (unpaired) electrons. The highest BCUT2D eigenvalue weighted by Gasteiger charge is 2.11. The maximum absolute atomic E-state index is 12.1. The number of nitriles is 1. The lowest BCUT2D eigenvalue weighted by atomic mass is 10.1. The highest BCUT2D eigenvalue weighted by atomic mass is 16.5. The SMILES string of the molecule is [2H]C([2H])(C#N)NC(=O)c1ccc(-c2ccnc(Nc3ccc(N4C([2H])([2H])COCC4([2H])[2H])cc3)n2)cc1. The van der Waals surface area contributed by atoms with Gasteiger partial charge in [-0.05, 0) is 42.5 Å². The summed E-state index contributed by atoms with van der Waals surface area (Å²) in [5.74, 6) is -0.434. The molecule has 0 atom stereocenters. The fourth-order valence-corrected chi connectivity index (χ4v) is 2.86. The molecule has 0 bridgehead atoms. The van der Waals surface area contributed by atoms with E-state index in [9.17, 15) is 4.79 Å². The van der Waals surface area contributed by atoms with Crippen molar-refractivity contribution in [2.75, 3.05) is 42.9 Å². The molecule has 156 valence electrons. The van der Waals surface area contributed by atoms with Gasteiger partial charge in [0.15, 0.2) is 0 Å². The maximum atomic E-state index is 12.1. The number of nitrogens with one attached hydrogen (secondary N) is 2. The van der Waals surface area contributed by atoms with Crippen molar-refractivity contribution in [3.05, 3.63) is 66.4 Å². The number of aromatic nitrogens is 2. The van der Waals surface area contributed by atoms with E-state index in [1.54, 1.807) is 48.7 Å². The number of amides is 1. The highest BCUT2D eigenvalue weighted by molar-refractivity contribution is 5.94. The predicted molar refractivity (Wildman–Crippen MR) is 118 cm³/mol. The van der Waals surface area contributed by atoms with Gasteiger partial charge in [-0.2, -0.15) is 5.26 Å². The fraction of sp³-hybridized carbons (Fsp3) is 0.217. The van der Waals surface area contributed by atoms with E-state index >= 15 is 0 Å². The van der Waals surface area contributed by atoms with E-state index in [4.69, 9.17) is 18.2 Å². The Morgan fingerprint density at radius 3 is 2.61 bits per heavy atom. The summed E-state index contributed by atoms with van der Waals surface area (Å²) in [5.41, 5.74) is 2.39. The number of rotatable bonds is 6. The number of morpholine rings is 1. The average Bonchev–Trinajstić information content (AvgIpc) is 2.84. The van der Waals surface area contributed by atoms with Gasteiger partial charge in [0.2, 0.25) is 5.95 Å². The van der Waals surface area contributed by atoms with Gasteiger partial charge < -0.3 is 20.3 Å². The highest BCUT2D eigenvalue weighted by Crippen LogP contribution is 2.22. The van der Waals surface area contributed by atoms with Crippen molar-refractivity contribution in [3.8, 4) is 17.3 Å². The molecule has 0 unspecified atom stereocenters. The largest absolute Gasteiger partial charge is 0.378 e. The molecule has 3 aromatic rings. The Bertz CT molecular complexity index is 1310. The first-order valence-electron chi connectivity index (χ1n) is 12.3. The molecule has 1 aromatic heterocycles. The summed E-state index contributed by atoms with van der Waals surface area (Å²) in [4.78, 5) is 21.9. The first kappa shape index (κ1) is 14.1. The topological polar surface area (TPSA) is 103 Å². The molecule has 1 aliphatic rings. The number of nitrogens with zero attached hydrogens (tertiary/aromatic N) is 4. The van der Waals surface area contributed by atoms with Gasteiger partial charge in [0.25, 0.3) is 5.91 Å². The fourth-order valence-electron chi connectivity index (χ4n) is 2.86. The molecule has 0 spiro atoms. The Balaban J connectivity index is 1.48. The Kier molecular flexibility index (Phi) is 4.41. The third-order valence-electron chi connectivity index (χ3n) is 4.36. The minimum Gasteiger partial charge on any atom is -0.378 e. The normalized spacial score (nSPS) is 19.9. The van der Waals surface area contributed by atoms with Gasteiger partial charge in [0, 0.05) is 41.7 Å². The summed E-state index contributed by atoms with van der Waals surface area (Å²) in [5, 5.41) is 13.8. The van der Waals surface area contributed by atoms with Crippen molar-refractivity contribution >= 4 is 23.2 Å².